The molecular weight excluding hydrogens is 1140 g/mol. The molecule has 2 saturated heterocycles. The van der Waals surface area contributed by atoms with Crippen molar-refractivity contribution in [3.05, 3.63) is 107 Å². The van der Waals surface area contributed by atoms with Gasteiger partial charge in [-0.3, -0.25) is 43.3 Å². The number of nitrogens with zero attached hydrogens (tertiary/aromatic N) is 6. The quantitative estimate of drug-likeness (QED) is 0.0215. The highest BCUT2D eigenvalue weighted by Crippen LogP contribution is 2.31. The molecule has 9 amide bonds. The van der Waals surface area contributed by atoms with Gasteiger partial charge >= 0.3 is 6.09 Å². The summed E-state index contributed by atoms with van der Waals surface area (Å²) in [6.07, 6.45) is 0.290. The van der Waals surface area contributed by atoms with Crippen molar-refractivity contribution < 1.29 is 92.4 Å². The van der Waals surface area contributed by atoms with E-state index >= 15 is 4.39 Å². The lowest BCUT2D eigenvalue weighted by Gasteiger charge is -2.36. The summed E-state index contributed by atoms with van der Waals surface area (Å²) >= 11 is 0. The highest BCUT2D eigenvalue weighted by atomic mass is 19.1. The van der Waals surface area contributed by atoms with Gasteiger partial charge in [0, 0.05) is 46.2 Å². The highest BCUT2D eigenvalue weighted by molar-refractivity contribution is 6.02. The molecule has 7 rings (SSSR count). The Morgan fingerprint density at radius 1 is 0.686 bits per heavy atom. The largest absolute Gasteiger partial charge is 0.504 e. The van der Waals surface area contributed by atoms with Crippen LogP contribution in [0.15, 0.2) is 79.0 Å². The number of cyclic esters (lactones) is 1. The van der Waals surface area contributed by atoms with Gasteiger partial charge in [-0.05, 0) is 54.6 Å². The smallest absolute Gasteiger partial charge is 0.414 e. The second kappa shape index (κ2) is 29.7. The summed E-state index contributed by atoms with van der Waals surface area (Å²) < 4.78 is 33.1. The Kier molecular flexibility index (Phi) is 21.8. The minimum absolute atomic E-state index is 0.0828. The fourth-order valence-electron chi connectivity index (χ4n) is 8.59. The van der Waals surface area contributed by atoms with Gasteiger partial charge in [0.2, 0.25) is 29.5 Å². The summed E-state index contributed by atoms with van der Waals surface area (Å²) in [4.78, 5) is 121. The van der Waals surface area contributed by atoms with Crippen molar-refractivity contribution >= 4 is 64.7 Å². The topological polar surface area (TPSA) is 427 Å². The number of aromatic nitrogens is 3. The molecule has 0 aliphatic carbocycles. The van der Waals surface area contributed by atoms with Gasteiger partial charge in [0.1, 0.15) is 36.4 Å². The lowest BCUT2D eigenvalue weighted by atomic mass is 10.1. The fourth-order valence-corrected chi connectivity index (χ4v) is 8.59. The van der Waals surface area contributed by atoms with Crippen molar-refractivity contribution in [2.24, 2.45) is 0 Å². The van der Waals surface area contributed by atoms with Gasteiger partial charge in [-0.15, -0.1) is 5.10 Å². The van der Waals surface area contributed by atoms with E-state index in [1.807, 2.05) is 4.90 Å². The third-order valence-electron chi connectivity index (χ3n) is 13.2. The molecule has 2 aliphatic heterocycles. The van der Waals surface area contributed by atoms with Crippen LogP contribution >= 0.6 is 0 Å². The van der Waals surface area contributed by atoms with E-state index in [2.05, 4.69) is 47.5 Å². The maximum absolute atomic E-state index is 15.3. The molecule has 0 spiro atoms. The molecule has 0 bridgehead atoms. The average molecular weight is 1200 g/mol. The first-order valence-corrected chi connectivity index (χ1v) is 26.5. The number of carbonyl (C=O) groups excluding carboxylic acids is 9. The van der Waals surface area contributed by atoms with Crippen molar-refractivity contribution in [1.29, 1.82) is 0 Å². The highest BCUT2D eigenvalue weighted by Gasteiger charge is 2.34. The van der Waals surface area contributed by atoms with Crippen LogP contribution in [0.5, 0.6) is 34.5 Å². The number of amides is 9. The number of aromatic hydroxyl groups is 6. The molecule has 2 fully saturated rings. The predicted octanol–water partition coefficient (Wildman–Crippen LogP) is -1.28. The zero-order chi connectivity index (χ0) is 62.0. The second-order valence-corrected chi connectivity index (χ2v) is 19.2. The minimum atomic E-state index is -1.72. The normalized spacial score (nSPS) is 14.5. The molecule has 86 heavy (non-hydrogen) atoms. The summed E-state index contributed by atoms with van der Waals surface area (Å²) in [6.45, 7) is 0.777. The Labute approximate surface area is 488 Å². The molecule has 31 nitrogen and oxygen atoms in total. The number of ether oxygens (including phenoxy) is 3. The van der Waals surface area contributed by atoms with Crippen LogP contribution in [0.1, 0.15) is 50.1 Å². The second-order valence-electron chi connectivity index (χ2n) is 19.2. The number of carbonyl (C=O) groups is 9. The van der Waals surface area contributed by atoms with Gasteiger partial charge in [0.15, 0.2) is 34.5 Å². The maximum atomic E-state index is 15.3. The summed E-state index contributed by atoms with van der Waals surface area (Å²) in [5.74, 6) is -11.4. The number of nitrogens with one attached hydrogen (secondary N) is 7. The van der Waals surface area contributed by atoms with Gasteiger partial charge in [0.05, 0.1) is 86.7 Å². The number of phenols is 6. The van der Waals surface area contributed by atoms with E-state index < -0.39 is 131 Å². The number of hydrogen-bond donors (Lipinski definition) is 13. The Morgan fingerprint density at radius 2 is 1.26 bits per heavy atom. The van der Waals surface area contributed by atoms with Gasteiger partial charge in [0.25, 0.3) is 17.7 Å². The lowest BCUT2D eigenvalue weighted by Crippen LogP contribution is -2.57. The van der Waals surface area contributed by atoms with Crippen LogP contribution in [0.25, 0.3) is 0 Å². The standard InChI is InChI=1S/C54H62FN13O18/c1-30(69)56-23-33-28-68(54(83)86-33)32-11-12-40(37(55)21-32)65-14-16-66(17-15-65)45(74)13-18-84-19-20-85-29-67-27-31(63-64-67)22-58-52(81)39(62-51(80)36-7-4-10-43(72)48(36)77)25-59-53(82)38(61-50(79)35-6-3-9-42(71)47(35)76)24-57-44(73)26-60-49(78)34-5-2-8-41(70)46(34)75/h2-12,21,27,33,38-39,70-72,75-77H,13-20,22-26,28-29H2,1H3,(H,56,69)(H,57,73)(H,58,81)(H,59,82)(H,60,78)(H,61,79)(H,62,80). The molecule has 2 aliphatic rings. The number of hydrogen-bond acceptors (Lipinski definition) is 21. The Balaban J connectivity index is 0.860. The molecule has 4 aromatic carbocycles. The van der Waals surface area contributed by atoms with E-state index in [9.17, 15) is 73.8 Å². The van der Waals surface area contributed by atoms with E-state index in [0.29, 0.717) is 37.6 Å². The van der Waals surface area contributed by atoms with E-state index in [4.69, 9.17) is 14.2 Å². The average Bonchev–Trinajstić information content (AvgIpc) is 2.43. The van der Waals surface area contributed by atoms with Crippen molar-refractivity contribution in [3.8, 4) is 34.5 Å². The van der Waals surface area contributed by atoms with Crippen LogP contribution in [-0.2, 0) is 51.5 Å². The van der Waals surface area contributed by atoms with Crippen molar-refractivity contribution in [2.45, 2.75) is 44.8 Å². The van der Waals surface area contributed by atoms with Crippen molar-refractivity contribution in [1.82, 2.24) is 57.1 Å². The number of anilines is 2. The number of para-hydroxylation sites is 3. The molecule has 13 N–H and O–H groups in total. The summed E-state index contributed by atoms with van der Waals surface area (Å²) in [5, 5.41) is 85.2. The Bertz CT molecular complexity index is 3320. The molecule has 32 heteroatoms. The van der Waals surface area contributed by atoms with E-state index in [1.54, 1.807) is 17.0 Å². The van der Waals surface area contributed by atoms with Gasteiger partial charge in [-0.25, -0.2) is 13.9 Å². The van der Waals surface area contributed by atoms with Crippen molar-refractivity contribution in [3.63, 3.8) is 0 Å². The van der Waals surface area contributed by atoms with Crippen LogP contribution in [0.2, 0.25) is 0 Å². The van der Waals surface area contributed by atoms with Crippen molar-refractivity contribution in [2.75, 3.05) is 88.5 Å². The molecule has 3 atom stereocenters. The summed E-state index contributed by atoms with van der Waals surface area (Å²) in [7, 11) is 0. The first-order chi connectivity index (χ1) is 41.2. The molecule has 3 unspecified atom stereocenters. The number of piperazine rings is 1. The lowest BCUT2D eigenvalue weighted by molar-refractivity contribution is -0.133. The third-order valence-corrected chi connectivity index (χ3v) is 13.2. The van der Waals surface area contributed by atoms with Gasteiger partial charge in [-0.1, -0.05) is 23.4 Å². The number of phenolic OH excluding ortho intramolecular Hbond substituents is 6. The Morgan fingerprint density at radius 3 is 1.85 bits per heavy atom. The molecule has 458 valence electrons. The molecule has 3 heterocycles. The minimum Gasteiger partial charge on any atom is -0.504 e. The van der Waals surface area contributed by atoms with E-state index in [0.717, 1.165) is 30.3 Å². The van der Waals surface area contributed by atoms with Gasteiger partial charge in [-0.2, -0.15) is 0 Å². The number of benzene rings is 4. The molecule has 0 saturated carbocycles. The monoisotopic (exact) mass is 1200 g/mol. The summed E-state index contributed by atoms with van der Waals surface area (Å²) in [5.41, 5.74) is -0.472. The molecule has 1 aromatic heterocycles. The third kappa shape index (κ3) is 17.1. The number of halogens is 1. The van der Waals surface area contributed by atoms with Crippen LogP contribution in [-0.4, -0.2) is 201 Å². The first-order valence-electron chi connectivity index (χ1n) is 26.5. The summed E-state index contributed by atoms with van der Waals surface area (Å²) in [6, 6.07) is 11.5. The van der Waals surface area contributed by atoms with Crippen LogP contribution in [0.4, 0.5) is 20.6 Å². The van der Waals surface area contributed by atoms with E-state index in [-0.39, 0.29) is 75.7 Å². The number of rotatable bonds is 27. The zero-order valence-electron chi connectivity index (χ0n) is 46.0. The fraction of sp³-hybridized carbons (Fsp3) is 0.352. The SMILES string of the molecule is CC(=O)NCC1CN(c2ccc(N3CCN(C(=O)CCOCCOCn4cc(CNC(=O)C(CNC(=O)C(CNC(=O)CNC(=O)c5cccc(O)c5O)NC(=O)c5cccc(O)c5O)NC(=O)c5cccc(O)c5O)nn4)CC3)c(F)c2)C(=O)O1. The van der Waals surface area contributed by atoms with Gasteiger partial charge < -0.3 is 91.9 Å². The molecule has 0 radical (unpaired) electrons. The Hall–Kier alpha value is -10.5. The zero-order valence-corrected chi connectivity index (χ0v) is 46.0. The predicted molar refractivity (Wildman–Crippen MR) is 295 cm³/mol. The molecule has 5 aromatic rings. The van der Waals surface area contributed by atoms with E-state index in [1.165, 1.54) is 53.0 Å². The molecular formula is C54H62FN13O18. The maximum Gasteiger partial charge on any atom is 0.414 e. The first kappa shape index (κ1) is 63.1. The van der Waals surface area contributed by atoms with Crippen LogP contribution in [0, 0.1) is 5.82 Å². The van der Waals surface area contributed by atoms with Crippen LogP contribution in [0.3, 0.4) is 0 Å². The van der Waals surface area contributed by atoms with Crippen LogP contribution < -0.4 is 47.0 Å².